The third-order valence-electron chi connectivity index (χ3n) is 6.16. The summed E-state index contributed by atoms with van der Waals surface area (Å²) in [6, 6.07) is 9.78. The highest BCUT2D eigenvalue weighted by atomic mass is 32.2. The molecule has 0 radical (unpaired) electrons. The minimum atomic E-state index is -3.81. The molecule has 2 aromatic rings. The summed E-state index contributed by atoms with van der Waals surface area (Å²) in [6.45, 7) is 2.69. The number of ether oxygens (including phenoxy) is 3. The Bertz CT molecular complexity index is 1280. The number of piperazine rings is 1. The standard InChI is InChI=1S/C25H29N3O7S/c1-4-20-25(30)26-19-16-18(7-9-21(19)35-20)36(31,32)28-13-11-27(12-14-28)24(29)10-6-17-5-8-22(33-2)23(15-17)34-3/h5-10,15-16,20H,4,11-14H2,1-3H3,(H,26,30)/b10-6+. The van der Waals surface area contributed by atoms with E-state index in [-0.39, 0.29) is 42.9 Å². The van der Waals surface area contributed by atoms with E-state index in [9.17, 15) is 18.0 Å². The van der Waals surface area contributed by atoms with E-state index in [0.29, 0.717) is 29.4 Å². The molecule has 1 unspecified atom stereocenters. The van der Waals surface area contributed by atoms with Gasteiger partial charge in [-0.15, -0.1) is 0 Å². The van der Waals surface area contributed by atoms with E-state index in [1.54, 1.807) is 43.4 Å². The molecule has 0 spiro atoms. The van der Waals surface area contributed by atoms with E-state index >= 15 is 0 Å². The second-order valence-electron chi connectivity index (χ2n) is 8.34. The van der Waals surface area contributed by atoms with Gasteiger partial charge in [0.05, 0.1) is 24.8 Å². The fraction of sp³-hybridized carbons (Fsp3) is 0.360. The van der Waals surface area contributed by atoms with Gasteiger partial charge in [-0.2, -0.15) is 4.31 Å². The highest BCUT2D eigenvalue weighted by molar-refractivity contribution is 7.89. The van der Waals surface area contributed by atoms with Crippen LogP contribution in [0.3, 0.4) is 0 Å². The van der Waals surface area contributed by atoms with Crippen LogP contribution < -0.4 is 19.5 Å². The van der Waals surface area contributed by atoms with E-state index in [0.717, 1.165) is 5.56 Å². The normalized spacial score (nSPS) is 18.4. The summed E-state index contributed by atoms with van der Waals surface area (Å²) in [5.74, 6) is 1.09. The van der Waals surface area contributed by atoms with Gasteiger partial charge in [0.15, 0.2) is 17.6 Å². The molecule has 0 aromatic heterocycles. The molecule has 11 heteroatoms. The summed E-state index contributed by atoms with van der Waals surface area (Å²) in [5.41, 5.74) is 1.11. The molecule has 4 rings (SSSR count). The Labute approximate surface area is 210 Å². The van der Waals surface area contributed by atoms with Crippen molar-refractivity contribution in [3.8, 4) is 17.2 Å². The second-order valence-corrected chi connectivity index (χ2v) is 10.3. The quantitative estimate of drug-likeness (QED) is 0.563. The number of rotatable bonds is 7. The Morgan fingerprint density at radius 1 is 1.08 bits per heavy atom. The smallest absolute Gasteiger partial charge is 0.265 e. The Hall–Kier alpha value is -3.57. The molecule has 0 bridgehead atoms. The number of sulfonamides is 1. The molecule has 1 saturated heterocycles. The molecular weight excluding hydrogens is 486 g/mol. The molecule has 1 atom stereocenters. The van der Waals surface area contributed by atoms with Crippen molar-refractivity contribution in [1.82, 2.24) is 9.21 Å². The van der Waals surface area contributed by atoms with Crippen molar-refractivity contribution in [2.75, 3.05) is 45.7 Å². The third-order valence-corrected chi connectivity index (χ3v) is 8.05. The van der Waals surface area contributed by atoms with Crippen LogP contribution in [0.15, 0.2) is 47.4 Å². The van der Waals surface area contributed by atoms with Crippen LogP contribution in [-0.2, 0) is 19.6 Å². The fourth-order valence-electron chi connectivity index (χ4n) is 4.09. The van der Waals surface area contributed by atoms with Crippen molar-refractivity contribution in [2.24, 2.45) is 0 Å². The lowest BCUT2D eigenvalue weighted by Crippen LogP contribution is -2.50. The minimum Gasteiger partial charge on any atom is -0.493 e. The summed E-state index contributed by atoms with van der Waals surface area (Å²) < 4.78 is 43.9. The molecule has 36 heavy (non-hydrogen) atoms. The average molecular weight is 516 g/mol. The summed E-state index contributed by atoms with van der Waals surface area (Å²) in [5, 5.41) is 2.72. The predicted molar refractivity (Wildman–Crippen MR) is 134 cm³/mol. The average Bonchev–Trinajstić information content (AvgIpc) is 2.90. The molecule has 0 aliphatic carbocycles. The maximum absolute atomic E-state index is 13.2. The van der Waals surface area contributed by atoms with Crippen LogP contribution in [0.5, 0.6) is 17.2 Å². The number of methoxy groups -OCH3 is 2. The first-order chi connectivity index (χ1) is 17.3. The van der Waals surface area contributed by atoms with Crippen LogP contribution in [0.25, 0.3) is 6.08 Å². The minimum absolute atomic E-state index is 0.0632. The van der Waals surface area contributed by atoms with Gasteiger partial charge in [0.25, 0.3) is 5.91 Å². The Balaban J connectivity index is 1.39. The van der Waals surface area contributed by atoms with E-state index in [2.05, 4.69) is 5.32 Å². The Morgan fingerprint density at radius 3 is 2.47 bits per heavy atom. The zero-order chi connectivity index (χ0) is 25.9. The summed E-state index contributed by atoms with van der Waals surface area (Å²) >= 11 is 0. The fourth-order valence-corrected chi connectivity index (χ4v) is 5.54. The largest absolute Gasteiger partial charge is 0.493 e. The van der Waals surface area contributed by atoms with E-state index in [4.69, 9.17) is 14.2 Å². The molecule has 192 valence electrons. The van der Waals surface area contributed by atoms with Gasteiger partial charge >= 0.3 is 0 Å². The lowest BCUT2D eigenvalue weighted by atomic mass is 10.2. The zero-order valence-corrected chi connectivity index (χ0v) is 21.2. The Kier molecular flexibility index (Phi) is 7.51. The number of anilines is 1. The first kappa shape index (κ1) is 25.5. The summed E-state index contributed by atoms with van der Waals surface area (Å²) in [6.07, 6.45) is 3.06. The molecule has 0 saturated carbocycles. The van der Waals surface area contributed by atoms with Crippen LogP contribution in [0.2, 0.25) is 0 Å². The number of nitrogens with one attached hydrogen (secondary N) is 1. The number of carbonyl (C=O) groups excluding carboxylic acids is 2. The van der Waals surface area contributed by atoms with Gasteiger partial charge in [-0.3, -0.25) is 9.59 Å². The first-order valence-electron chi connectivity index (χ1n) is 11.6. The van der Waals surface area contributed by atoms with Crippen molar-refractivity contribution >= 4 is 33.6 Å². The van der Waals surface area contributed by atoms with Crippen molar-refractivity contribution in [1.29, 1.82) is 0 Å². The molecule has 1 N–H and O–H groups in total. The van der Waals surface area contributed by atoms with Gasteiger partial charge in [0.1, 0.15) is 5.75 Å². The molecule has 2 amide bonds. The van der Waals surface area contributed by atoms with Crippen LogP contribution >= 0.6 is 0 Å². The molecule has 10 nitrogen and oxygen atoms in total. The number of nitrogens with zero attached hydrogens (tertiary/aromatic N) is 2. The molecule has 2 aliphatic rings. The van der Waals surface area contributed by atoms with E-state index < -0.39 is 16.1 Å². The number of hydrogen-bond donors (Lipinski definition) is 1. The highest BCUT2D eigenvalue weighted by Crippen LogP contribution is 2.33. The molecule has 2 aromatic carbocycles. The SMILES string of the molecule is CCC1Oc2ccc(S(=O)(=O)N3CCN(C(=O)/C=C/c4ccc(OC)c(OC)c4)CC3)cc2NC1=O. The Morgan fingerprint density at radius 2 is 1.81 bits per heavy atom. The van der Waals surface area contributed by atoms with Gasteiger partial charge < -0.3 is 24.4 Å². The summed E-state index contributed by atoms with van der Waals surface area (Å²) in [7, 11) is -0.713. The van der Waals surface area contributed by atoms with Gasteiger partial charge in [0.2, 0.25) is 15.9 Å². The molecular formula is C25H29N3O7S. The van der Waals surface area contributed by atoms with Crippen LogP contribution in [0, 0.1) is 0 Å². The highest BCUT2D eigenvalue weighted by Gasteiger charge is 2.32. The van der Waals surface area contributed by atoms with E-state index in [1.807, 2.05) is 13.0 Å². The lowest BCUT2D eigenvalue weighted by Gasteiger charge is -2.33. The van der Waals surface area contributed by atoms with Crippen molar-refractivity contribution in [2.45, 2.75) is 24.3 Å². The van der Waals surface area contributed by atoms with Crippen molar-refractivity contribution in [3.05, 3.63) is 48.0 Å². The van der Waals surface area contributed by atoms with Gasteiger partial charge in [-0.25, -0.2) is 8.42 Å². The van der Waals surface area contributed by atoms with E-state index in [1.165, 1.54) is 22.5 Å². The monoisotopic (exact) mass is 515 g/mol. The topological polar surface area (TPSA) is 114 Å². The number of fused-ring (bicyclic) bond motifs is 1. The second kappa shape index (κ2) is 10.6. The first-order valence-corrected chi connectivity index (χ1v) is 13.0. The number of hydrogen-bond acceptors (Lipinski definition) is 7. The predicted octanol–water partition coefficient (Wildman–Crippen LogP) is 2.36. The van der Waals surface area contributed by atoms with Gasteiger partial charge in [0, 0.05) is 32.3 Å². The van der Waals surface area contributed by atoms with Gasteiger partial charge in [-0.05, 0) is 48.4 Å². The zero-order valence-electron chi connectivity index (χ0n) is 20.4. The van der Waals surface area contributed by atoms with Crippen molar-refractivity contribution < 1.29 is 32.2 Å². The molecule has 1 fully saturated rings. The molecule has 2 aliphatic heterocycles. The summed E-state index contributed by atoms with van der Waals surface area (Å²) in [4.78, 5) is 26.5. The van der Waals surface area contributed by atoms with Crippen LogP contribution in [-0.4, -0.2) is 75.9 Å². The van der Waals surface area contributed by atoms with Gasteiger partial charge in [-0.1, -0.05) is 13.0 Å². The van der Waals surface area contributed by atoms with Crippen LogP contribution in [0.1, 0.15) is 18.9 Å². The van der Waals surface area contributed by atoms with Crippen molar-refractivity contribution in [3.63, 3.8) is 0 Å². The third kappa shape index (κ3) is 5.17. The van der Waals surface area contributed by atoms with Crippen LogP contribution in [0.4, 0.5) is 5.69 Å². The number of amides is 2. The maximum Gasteiger partial charge on any atom is 0.265 e. The lowest BCUT2D eigenvalue weighted by molar-refractivity contribution is -0.127. The number of benzene rings is 2. The maximum atomic E-state index is 13.2. The number of carbonyl (C=O) groups is 2. The molecule has 2 heterocycles.